The highest BCUT2D eigenvalue weighted by Gasteiger charge is 2.02. The molecule has 0 saturated carbocycles. The van der Waals surface area contributed by atoms with Gasteiger partial charge in [-0.2, -0.15) is 0 Å². The highest BCUT2D eigenvalue weighted by molar-refractivity contribution is 5.91. The lowest BCUT2D eigenvalue weighted by molar-refractivity contribution is 0.0987. The minimum atomic E-state index is -0.0619. The van der Waals surface area contributed by atoms with Gasteiger partial charge in [0.2, 0.25) is 0 Å². The second-order valence-corrected chi connectivity index (χ2v) is 1.96. The van der Waals surface area contributed by atoms with Gasteiger partial charge in [0.15, 0.2) is 11.5 Å². The predicted molar refractivity (Wildman–Crippen MR) is 38.8 cm³/mol. The molecule has 0 N–H and O–H groups in total. The fourth-order valence-corrected chi connectivity index (χ4v) is 0.652. The van der Waals surface area contributed by atoms with E-state index >= 15 is 0 Å². The SMILES string of the molecule is C=Cc1ccc(C(C)=O)o1. The molecule has 0 aliphatic rings. The van der Waals surface area contributed by atoms with Crippen molar-refractivity contribution in [3.05, 3.63) is 30.2 Å². The number of rotatable bonds is 2. The molecule has 0 aliphatic heterocycles. The van der Waals surface area contributed by atoms with Gasteiger partial charge in [0.1, 0.15) is 5.76 Å². The highest BCUT2D eigenvalue weighted by Crippen LogP contribution is 2.08. The molecule has 0 aliphatic carbocycles. The van der Waals surface area contributed by atoms with Crippen molar-refractivity contribution in [2.24, 2.45) is 0 Å². The lowest BCUT2D eigenvalue weighted by atomic mass is 10.3. The van der Waals surface area contributed by atoms with Crippen LogP contribution in [0.3, 0.4) is 0 Å². The third-order valence-corrected chi connectivity index (χ3v) is 1.17. The van der Waals surface area contributed by atoms with E-state index in [-0.39, 0.29) is 5.78 Å². The zero-order chi connectivity index (χ0) is 7.56. The van der Waals surface area contributed by atoms with Crippen LogP contribution in [0, 0.1) is 0 Å². The zero-order valence-electron chi connectivity index (χ0n) is 5.76. The Morgan fingerprint density at radius 3 is 2.70 bits per heavy atom. The molecule has 0 saturated heterocycles. The average molecular weight is 136 g/mol. The summed E-state index contributed by atoms with van der Waals surface area (Å²) in [4.78, 5) is 10.6. The molecule has 2 nitrogen and oxygen atoms in total. The molecule has 0 atom stereocenters. The van der Waals surface area contributed by atoms with Crippen molar-refractivity contribution in [2.45, 2.75) is 6.92 Å². The van der Waals surface area contributed by atoms with Crippen molar-refractivity contribution in [1.29, 1.82) is 0 Å². The molecule has 0 spiro atoms. The average Bonchev–Trinajstić information content (AvgIpc) is 2.34. The Balaban J connectivity index is 2.98. The number of carbonyl (C=O) groups is 1. The van der Waals surface area contributed by atoms with Crippen LogP contribution in [0.2, 0.25) is 0 Å². The van der Waals surface area contributed by atoms with Gasteiger partial charge in [0.25, 0.3) is 0 Å². The molecule has 1 aromatic rings. The van der Waals surface area contributed by atoms with E-state index in [1.165, 1.54) is 6.92 Å². The van der Waals surface area contributed by atoms with Crippen LogP contribution in [0.25, 0.3) is 6.08 Å². The van der Waals surface area contributed by atoms with Gasteiger partial charge in [-0.3, -0.25) is 4.79 Å². The monoisotopic (exact) mass is 136 g/mol. The minimum Gasteiger partial charge on any atom is -0.454 e. The van der Waals surface area contributed by atoms with Crippen molar-refractivity contribution >= 4 is 11.9 Å². The summed E-state index contributed by atoms with van der Waals surface area (Å²) in [6.07, 6.45) is 1.56. The Labute approximate surface area is 59.2 Å². The number of hydrogen-bond donors (Lipinski definition) is 0. The molecule has 0 amide bonds. The summed E-state index contributed by atoms with van der Waals surface area (Å²) < 4.78 is 5.03. The van der Waals surface area contributed by atoms with Crippen molar-refractivity contribution in [3.8, 4) is 0 Å². The lowest BCUT2D eigenvalue weighted by Crippen LogP contribution is -1.85. The second-order valence-electron chi connectivity index (χ2n) is 1.96. The summed E-state index contributed by atoms with van der Waals surface area (Å²) in [6.45, 7) is 4.96. The Morgan fingerprint density at radius 1 is 1.70 bits per heavy atom. The van der Waals surface area contributed by atoms with Crippen LogP contribution in [-0.4, -0.2) is 5.78 Å². The highest BCUT2D eigenvalue weighted by atomic mass is 16.3. The van der Waals surface area contributed by atoms with E-state index in [1.54, 1.807) is 18.2 Å². The van der Waals surface area contributed by atoms with Gasteiger partial charge >= 0.3 is 0 Å². The molecule has 0 unspecified atom stereocenters. The van der Waals surface area contributed by atoms with Crippen LogP contribution < -0.4 is 0 Å². The largest absolute Gasteiger partial charge is 0.454 e. The van der Waals surface area contributed by atoms with Crippen LogP contribution in [0.1, 0.15) is 23.2 Å². The molecule has 10 heavy (non-hydrogen) atoms. The van der Waals surface area contributed by atoms with E-state index in [0.717, 1.165) is 0 Å². The molecule has 1 rings (SSSR count). The standard InChI is InChI=1S/C8H8O2/c1-3-7-4-5-8(10-7)6(2)9/h3-5H,1H2,2H3. The quantitative estimate of drug-likeness (QED) is 0.583. The van der Waals surface area contributed by atoms with E-state index in [4.69, 9.17) is 4.42 Å². The Kier molecular flexibility index (Phi) is 1.71. The molecule has 0 bridgehead atoms. The first-order valence-electron chi connectivity index (χ1n) is 2.97. The van der Waals surface area contributed by atoms with E-state index < -0.39 is 0 Å². The minimum absolute atomic E-state index is 0.0619. The summed E-state index contributed by atoms with van der Waals surface area (Å²) in [5, 5.41) is 0. The normalized spacial score (nSPS) is 9.30. The topological polar surface area (TPSA) is 30.2 Å². The van der Waals surface area contributed by atoms with Crippen molar-refractivity contribution in [3.63, 3.8) is 0 Å². The Bertz CT molecular complexity index is 258. The fourth-order valence-electron chi connectivity index (χ4n) is 0.652. The number of carbonyl (C=O) groups excluding carboxylic acids is 1. The summed E-state index contributed by atoms with van der Waals surface area (Å²) in [6, 6.07) is 3.35. The molecule has 1 heterocycles. The third-order valence-electron chi connectivity index (χ3n) is 1.17. The van der Waals surface area contributed by atoms with Gasteiger partial charge in [-0.15, -0.1) is 0 Å². The van der Waals surface area contributed by atoms with Crippen LogP contribution in [0.5, 0.6) is 0 Å². The van der Waals surface area contributed by atoms with Gasteiger partial charge in [-0.1, -0.05) is 6.58 Å². The first-order valence-corrected chi connectivity index (χ1v) is 2.97. The second kappa shape index (κ2) is 2.52. The summed E-state index contributed by atoms with van der Waals surface area (Å²) in [5.74, 6) is 0.952. The smallest absolute Gasteiger partial charge is 0.194 e. The molecule has 0 radical (unpaired) electrons. The lowest BCUT2D eigenvalue weighted by Gasteiger charge is -1.84. The Hall–Kier alpha value is -1.31. The maximum Gasteiger partial charge on any atom is 0.194 e. The summed E-state index contributed by atoms with van der Waals surface area (Å²) >= 11 is 0. The van der Waals surface area contributed by atoms with E-state index in [9.17, 15) is 4.79 Å². The summed E-state index contributed by atoms with van der Waals surface area (Å²) in [7, 11) is 0. The Morgan fingerprint density at radius 2 is 2.40 bits per heavy atom. The molecular weight excluding hydrogens is 128 g/mol. The molecule has 0 aromatic carbocycles. The van der Waals surface area contributed by atoms with Gasteiger partial charge in [-0.05, 0) is 18.2 Å². The number of hydrogen-bond acceptors (Lipinski definition) is 2. The fraction of sp³-hybridized carbons (Fsp3) is 0.125. The molecule has 2 heteroatoms. The summed E-state index contributed by atoms with van der Waals surface area (Å²) in [5.41, 5.74) is 0. The van der Waals surface area contributed by atoms with Crippen molar-refractivity contribution in [1.82, 2.24) is 0 Å². The van der Waals surface area contributed by atoms with Crippen LogP contribution in [0.4, 0.5) is 0 Å². The van der Waals surface area contributed by atoms with Crippen LogP contribution in [-0.2, 0) is 0 Å². The molecule has 1 aromatic heterocycles. The van der Waals surface area contributed by atoms with Gasteiger partial charge in [0, 0.05) is 6.92 Å². The van der Waals surface area contributed by atoms with Crippen molar-refractivity contribution < 1.29 is 9.21 Å². The van der Waals surface area contributed by atoms with Crippen LogP contribution >= 0.6 is 0 Å². The molecule has 52 valence electrons. The van der Waals surface area contributed by atoms with Gasteiger partial charge < -0.3 is 4.42 Å². The van der Waals surface area contributed by atoms with E-state index in [2.05, 4.69) is 6.58 Å². The molecule has 0 fully saturated rings. The van der Waals surface area contributed by atoms with E-state index in [0.29, 0.717) is 11.5 Å². The van der Waals surface area contributed by atoms with Crippen LogP contribution in [0.15, 0.2) is 23.1 Å². The van der Waals surface area contributed by atoms with Crippen molar-refractivity contribution in [2.75, 3.05) is 0 Å². The number of furan rings is 1. The first-order chi connectivity index (χ1) is 4.74. The maximum atomic E-state index is 10.6. The number of Topliss-reactive ketones (excluding diaryl/α,β-unsaturated/α-hetero) is 1. The molecular formula is C8H8O2. The predicted octanol–water partition coefficient (Wildman–Crippen LogP) is 2.13. The maximum absolute atomic E-state index is 10.6. The first kappa shape index (κ1) is 6.81. The third kappa shape index (κ3) is 1.16. The number of ketones is 1. The van der Waals surface area contributed by atoms with Gasteiger partial charge in [0.05, 0.1) is 0 Å². The zero-order valence-corrected chi connectivity index (χ0v) is 5.76. The van der Waals surface area contributed by atoms with E-state index in [1.807, 2.05) is 0 Å². The van der Waals surface area contributed by atoms with Gasteiger partial charge in [-0.25, -0.2) is 0 Å².